The molecule has 0 spiro atoms. The van der Waals surface area contributed by atoms with E-state index in [0.717, 1.165) is 15.6 Å². The first kappa shape index (κ1) is 10.5. The van der Waals surface area contributed by atoms with Crippen LogP contribution in [-0.2, 0) is 11.2 Å². The average Bonchev–Trinajstić information content (AvgIpc) is 2.55. The number of rotatable bonds is 2. The van der Waals surface area contributed by atoms with Crippen molar-refractivity contribution in [1.82, 2.24) is 5.32 Å². The van der Waals surface area contributed by atoms with Gasteiger partial charge < -0.3 is 5.32 Å². The van der Waals surface area contributed by atoms with Crippen LogP contribution in [0.5, 0.6) is 0 Å². The van der Waals surface area contributed by atoms with E-state index in [1.165, 1.54) is 11.3 Å². The Morgan fingerprint density at radius 3 is 2.93 bits per heavy atom. The quantitative estimate of drug-likeness (QED) is 0.858. The number of amides is 1. The Hall–Kier alpha value is -1.06. The summed E-state index contributed by atoms with van der Waals surface area (Å²) in [5.41, 5.74) is 0.927. The third-order valence-electron chi connectivity index (χ3n) is 2.27. The zero-order valence-electron chi connectivity index (χ0n) is 8.21. The van der Waals surface area contributed by atoms with Gasteiger partial charge in [0.15, 0.2) is 0 Å². The highest BCUT2D eigenvalue weighted by atomic mass is 35.5. The summed E-state index contributed by atoms with van der Waals surface area (Å²) in [4.78, 5) is 11.3. The van der Waals surface area contributed by atoms with Gasteiger partial charge in [0.05, 0.1) is 10.8 Å². The number of thiophene rings is 1. The highest BCUT2D eigenvalue weighted by Gasteiger charge is 2.12. The van der Waals surface area contributed by atoms with Crippen molar-refractivity contribution < 1.29 is 4.79 Å². The third-order valence-corrected chi connectivity index (χ3v) is 3.73. The Bertz CT molecular complexity index is 506. The van der Waals surface area contributed by atoms with E-state index in [1.807, 2.05) is 24.3 Å². The topological polar surface area (TPSA) is 29.1 Å². The highest BCUT2D eigenvalue weighted by Crippen LogP contribution is 2.35. The minimum Gasteiger partial charge on any atom is -0.359 e. The number of halogens is 1. The van der Waals surface area contributed by atoms with Gasteiger partial charge in [-0.2, -0.15) is 0 Å². The average molecular weight is 240 g/mol. The number of hydrogen-bond acceptors (Lipinski definition) is 2. The molecule has 0 bridgehead atoms. The van der Waals surface area contributed by atoms with Crippen molar-refractivity contribution in [3.8, 4) is 0 Å². The molecule has 1 N–H and O–H groups in total. The molecule has 15 heavy (non-hydrogen) atoms. The number of nitrogens with one attached hydrogen (secondary N) is 1. The number of fused-ring (bicyclic) bond motifs is 1. The van der Waals surface area contributed by atoms with Crippen molar-refractivity contribution in [3.05, 3.63) is 34.2 Å². The predicted octanol–water partition coefficient (Wildman–Crippen LogP) is 2.84. The Labute approximate surface area is 96.9 Å². The Balaban J connectivity index is 2.49. The molecule has 0 atom stereocenters. The van der Waals surface area contributed by atoms with Crippen LogP contribution in [0, 0.1) is 0 Å². The molecule has 1 amide bonds. The normalized spacial score (nSPS) is 10.5. The van der Waals surface area contributed by atoms with E-state index in [1.54, 1.807) is 7.05 Å². The number of benzene rings is 1. The van der Waals surface area contributed by atoms with E-state index in [-0.39, 0.29) is 5.91 Å². The highest BCUT2D eigenvalue weighted by molar-refractivity contribution is 7.22. The van der Waals surface area contributed by atoms with Gasteiger partial charge in [0.25, 0.3) is 0 Å². The molecule has 1 heterocycles. The summed E-state index contributed by atoms with van der Waals surface area (Å²) in [6.07, 6.45) is 0.347. The molecular weight excluding hydrogens is 230 g/mol. The molecule has 0 aliphatic rings. The molecule has 2 nitrogen and oxygen atoms in total. The van der Waals surface area contributed by atoms with Crippen LogP contribution in [0.3, 0.4) is 0 Å². The second-order valence-electron chi connectivity index (χ2n) is 3.20. The fraction of sp³-hybridized carbons (Fsp3) is 0.182. The van der Waals surface area contributed by atoms with Gasteiger partial charge in [-0.1, -0.05) is 29.8 Å². The summed E-state index contributed by atoms with van der Waals surface area (Å²) in [5.74, 6) is -0.0135. The molecule has 0 aliphatic heterocycles. The van der Waals surface area contributed by atoms with E-state index >= 15 is 0 Å². The summed E-state index contributed by atoms with van der Waals surface area (Å²) in [6.45, 7) is 0. The molecule has 2 aromatic rings. The first-order valence-electron chi connectivity index (χ1n) is 4.59. The maximum Gasteiger partial charge on any atom is 0.224 e. The van der Waals surface area contributed by atoms with E-state index in [9.17, 15) is 4.79 Å². The third kappa shape index (κ3) is 1.98. The lowest BCUT2D eigenvalue weighted by Gasteiger charge is -1.99. The van der Waals surface area contributed by atoms with E-state index in [4.69, 9.17) is 11.6 Å². The number of hydrogen-bond donors (Lipinski definition) is 1. The van der Waals surface area contributed by atoms with Gasteiger partial charge in [-0.15, -0.1) is 11.3 Å². The predicted molar refractivity (Wildman–Crippen MR) is 64.6 cm³/mol. The molecule has 0 unspecified atom stereocenters. The van der Waals surface area contributed by atoms with Crippen molar-refractivity contribution in [2.24, 2.45) is 0 Å². The smallest absolute Gasteiger partial charge is 0.224 e. The second kappa shape index (κ2) is 4.21. The number of carbonyl (C=O) groups is 1. The van der Waals surface area contributed by atoms with Gasteiger partial charge in [-0.05, 0) is 17.0 Å². The van der Waals surface area contributed by atoms with E-state index in [0.29, 0.717) is 10.8 Å². The van der Waals surface area contributed by atoms with Gasteiger partial charge >= 0.3 is 0 Å². The fourth-order valence-electron chi connectivity index (χ4n) is 1.48. The lowest BCUT2D eigenvalue weighted by molar-refractivity contribution is -0.119. The summed E-state index contributed by atoms with van der Waals surface area (Å²) in [7, 11) is 1.63. The van der Waals surface area contributed by atoms with Crippen molar-refractivity contribution >= 4 is 38.9 Å². The Morgan fingerprint density at radius 1 is 1.47 bits per heavy atom. The van der Waals surface area contributed by atoms with Crippen molar-refractivity contribution in [1.29, 1.82) is 0 Å². The zero-order valence-corrected chi connectivity index (χ0v) is 9.78. The molecule has 0 saturated carbocycles. The fourth-order valence-corrected chi connectivity index (χ4v) is 2.85. The summed E-state index contributed by atoms with van der Waals surface area (Å²) < 4.78 is 1.83. The molecule has 0 fully saturated rings. The van der Waals surface area contributed by atoms with Crippen LogP contribution in [0.25, 0.3) is 10.1 Å². The maximum atomic E-state index is 11.3. The van der Waals surface area contributed by atoms with Crippen LogP contribution >= 0.6 is 22.9 Å². The van der Waals surface area contributed by atoms with Crippen LogP contribution in [0.4, 0.5) is 0 Å². The van der Waals surface area contributed by atoms with Gasteiger partial charge in [0, 0.05) is 11.7 Å². The SMILES string of the molecule is CNC(=O)Cc1c(Cl)sc2ccccc12. The van der Waals surface area contributed by atoms with Gasteiger partial charge in [0.1, 0.15) is 0 Å². The Morgan fingerprint density at radius 2 is 2.20 bits per heavy atom. The number of carbonyl (C=O) groups excluding carboxylic acids is 1. The first-order valence-corrected chi connectivity index (χ1v) is 5.78. The largest absolute Gasteiger partial charge is 0.359 e. The van der Waals surface area contributed by atoms with Crippen LogP contribution in [0.1, 0.15) is 5.56 Å². The molecule has 1 aromatic heterocycles. The minimum atomic E-state index is -0.0135. The summed E-state index contributed by atoms with van der Waals surface area (Å²) in [5, 5.41) is 3.68. The minimum absolute atomic E-state index is 0.0135. The molecule has 1 aromatic carbocycles. The van der Waals surface area contributed by atoms with Crippen LogP contribution in [-0.4, -0.2) is 13.0 Å². The molecule has 0 aliphatic carbocycles. The van der Waals surface area contributed by atoms with Gasteiger partial charge in [0.2, 0.25) is 5.91 Å². The zero-order chi connectivity index (χ0) is 10.8. The second-order valence-corrected chi connectivity index (χ2v) is 4.85. The molecule has 0 saturated heterocycles. The summed E-state index contributed by atoms with van der Waals surface area (Å²) in [6, 6.07) is 7.94. The van der Waals surface area contributed by atoms with Gasteiger partial charge in [-0.25, -0.2) is 0 Å². The summed E-state index contributed by atoms with van der Waals surface area (Å²) >= 11 is 7.62. The van der Waals surface area contributed by atoms with Gasteiger partial charge in [-0.3, -0.25) is 4.79 Å². The van der Waals surface area contributed by atoms with E-state index < -0.39 is 0 Å². The monoisotopic (exact) mass is 239 g/mol. The lowest BCUT2D eigenvalue weighted by Crippen LogP contribution is -2.19. The first-order chi connectivity index (χ1) is 7.22. The van der Waals surface area contributed by atoms with Crippen molar-refractivity contribution in [2.75, 3.05) is 7.05 Å². The molecular formula is C11H10ClNOS. The van der Waals surface area contributed by atoms with Crippen LogP contribution in [0.15, 0.2) is 24.3 Å². The Kier molecular flexibility index (Phi) is 2.93. The lowest BCUT2D eigenvalue weighted by atomic mass is 10.1. The molecule has 78 valence electrons. The standard InChI is InChI=1S/C11H10ClNOS/c1-13-10(14)6-8-7-4-2-3-5-9(7)15-11(8)12/h2-5H,6H2,1H3,(H,13,14). The van der Waals surface area contributed by atoms with Crippen LogP contribution in [0.2, 0.25) is 4.34 Å². The molecule has 0 radical (unpaired) electrons. The molecule has 2 rings (SSSR count). The number of likely N-dealkylation sites (N-methyl/N-ethyl adjacent to an activating group) is 1. The molecule has 4 heteroatoms. The van der Waals surface area contributed by atoms with Crippen molar-refractivity contribution in [3.63, 3.8) is 0 Å². The van der Waals surface area contributed by atoms with Crippen molar-refractivity contribution in [2.45, 2.75) is 6.42 Å². The van der Waals surface area contributed by atoms with E-state index in [2.05, 4.69) is 5.32 Å². The van der Waals surface area contributed by atoms with Crippen LogP contribution < -0.4 is 5.32 Å². The maximum absolute atomic E-state index is 11.3.